The van der Waals surface area contributed by atoms with Gasteiger partial charge in [0, 0.05) is 11.1 Å². The van der Waals surface area contributed by atoms with E-state index in [4.69, 9.17) is 9.47 Å². The van der Waals surface area contributed by atoms with Gasteiger partial charge in [0.1, 0.15) is 6.29 Å². The molecule has 2 rings (SSSR count). The minimum atomic E-state index is -0.302. The van der Waals surface area contributed by atoms with Crippen LogP contribution in [0.5, 0.6) is 0 Å². The second-order valence-electron chi connectivity index (χ2n) is 3.22. The van der Waals surface area contributed by atoms with Gasteiger partial charge in [-0.3, -0.25) is 4.79 Å². The molecule has 0 saturated carbocycles. The Morgan fingerprint density at radius 1 is 1.29 bits per heavy atom. The third kappa shape index (κ3) is 2.00. The molecule has 0 aliphatic carbocycles. The first-order valence-electron chi connectivity index (χ1n) is 4.68. The van der Waals surface area contributed by atoms with E-state index < -0.39 is 0 Å². The Hall–Kier alpha value is -1.19. The number of rotatable bonds is 2. The summed E-state index contributed by atoms with van der Waals surface area (Å²) in [5.41, 5.74) is 1.56. The van der Waals surface area contributed by atoms with Gasteiger partial charge in [-0.1, -0.05) is 18.2 Å². The highest BCUT2D eigenvalue weighted by Crippen LogP contribution is 2.22. The predicted octanol–water partition coefficient (Wildman–Crippen LogP) is 1.93. The largest absolute Gasteiger partial charge is 0.348 e. The summed E-state index contributed by atoms with van der Waals surface area (Å²) in [7, 11) is 0. The zero-order valence-corrected chi connectivity index (χ0v) is 7.81. The van der Waals surface area contributed by atoms with E-state index in [0.717, 1.165) is 31.5 Å². The second kappa shape index (κ2) is 4.35. The molecule has 0 amide bonds. The molecule has 14 heavy (non-hydrogen) atoms. The second-order valence-corrected chi connectivity index (χ2v) is 3.22. The van der Waals surface area contributed by atoms with Gasteiger partial charge in [0.2, 0.25) is 0 Å². The molecule has 0 N–H and O–H groups in total. The van der Waals surface area contributed by atoms with Crippen LogP contribution < -0.4 is 0 Å². The SMILES string of the molecule is O=Cc1cccc(C2OCCCO2)c1. The van der Waals surface area contributed by atoms with Crippen LogP contribution in [-0.2, 0) is 9.47 Å². The highest BCUT2D eigenvalue weighted by Gasteiger charge is 2.16. The highest BCUT2D eigenvalue weighted by atomic mass is 16.7. The smallest absolute Gasteiger partial charge is 0.183 e. The predicted molar refractivity (Wildman–Crippen MR) is 51.1 cm³/mol. The zero-order chi connectivity index (χ0) is 9.80. The minimum Gasteiger partial charge on any atom is -0.348 e. The van der Waals surface area contributed by atoms with Crippen LogP contribution in [0.3, 0.4) is 0 Å². The van der Waals surface area contributed by atoms with Crippen molar-refractivity contribution in [1.29, 1.82) is 0 Å². The maximum Gasteiger partial charge on any atom is 0.183 e. The molecule has 1 saturated heterocycles. The lowest BCUT2D eigenvalue weighted by molar-refractivity contribution is -0.183. The molecule has 1 aliphatic heterocycles. The number of hydrogen-bond acceptors (Lipinski definition) is 3. The van der Waals surface area contributed by atoms with Gasteiger partial charge < -0.3 is 9.47 Å². The van der Waals surface area contributed by atoms with Gasteiger partial charge in [-0.2, -0.15) is 0 Å². The van der Waals surface area contributed by atoms with E-state index in [9.17, 15) is 4.79 Å². The Morgan fingerprint density at radius 2 is 2.07 bits per heavy atom. The monoisotopic (exact) mass is 192 g/mol. The van der Waals surface area contributed by atoms with Crippen molar-refractivity contribution < 1.29 is 14.3 Å². The average molecular weight is 192 g/mol. The Kier molecular flexibility index (Phi) is 2.91. The minimum absolute atomic E-state index is 0.302. The van der Waals surface area contributed by atoms with Gasteiger partial charge in [0.25, 0.3) is 0 Å². The van der Waals surface area contributed by atoms with Crippen molar-refractivity contribution in [3.8, 4) is 0 Å². The fourth-order valence-corrected chi connectivity index (χ4v) is 1.46. The summed E-state index contributed by atoms with van der Waals surface area (Å²) in [5.74, 6) is 0. The molecule has 1 aromatic carbocycles. The number of carbonyl (C=O) groups is 1. The van der Waals surface area contributed by atoms with E-state index >= 15 is 0 Å². The summed E-state index contributed by atoms with van der Waals surface area (Å²) < 4.78 is 10.9. The van der Waals surface area contributed by atoms with Crippen LogP contribution in [0.15, 0.2) is 24.3 Å². The highest BCUT2D eigenvalue weighted by molar-refractivity contribution is 5.74. The first-order valence-corrected chi connectivity index (χ1v) is 4.68. The van der Waals surface area contributed by atoms with Crippen LogP contribution in [0.4, 0.5) is 0 Å². The van der Waals surface area contributed by atoms with Crippen LogP contribution in [-0.4, -0.2) is 19.5 Å². The van der Waals surface area contributed by atoms with Crippen LogP contribution >= 0.6 is 0 Å². The van der Waals surface area contributed by atoms with Crippen molar-refractivity contribution in [2.24, 2.45) is 0 Å². The normalized spacial score (nSPS) is 18.0. The lowest BCUT2D eigenvalue weighted by atomic mass is 10.1. The van der Waals surface area contributed by atoms with Crippen molar-refractivity contribution in [2.75, 3.05) is 13.2 Å². The van der Waals surface area contributed by atoms with E-state index in [1.807, 2.05) is 12.1 Å². The average Bonchev–Trinajstić information content (AvgIpc) is 2.30. The van der Waals surface area contributed by atoms with E-state index in [1.165, 1.54) is 0 Å². The first-order chi connectivity index (χ1) is 6.90. The van der Waals surface area contributed by atoms with Crippen molar-refractivity contribution >= 4 is 6.29 Å². The topological polar surface area (TPSA) is 35.5 Å². The first kappa shape index (κ1) is 9.37. The van der Waals surface area contributed by atoms with Gasteiger partial charge in [0.15, 0.2) is 6.29 Å². The van der Waals surface area contributed by atoms with Gasteiger partial charge in [-0.25, -0.2) is 0 Å². The van der Waals surface area contributed by atoms with Crippen molar-refractivity contribution in [2.45, 2.75) is 12.7 Å². The summed E-state index contributed by atoms with van der Waals surface area (Å²) in [5, 5.41) is 0. The maximum absolute atomic E-state index is 10.6. The third-order valence-corrected chi connectivity index (χ3v) is 2.15. The van der Waals surface area contributed by atoms with Gasteiger partial charge >= 0.3 is 0 Å². The standard InChI is InChI=1S/C11H12O3/c12-8-9-3-1-4-10(7-9)11-13-5-2-6-14-11/h1,3-4,7-8,11H,2,5-6H2. The third-order valence-electron chi connectivity index (χ3n) is 2.15. The molecule has 0 atom stereocenters. The Labute approximate surface area is 82.6 Å². The lowest BCUT2D eigenvalue weighted by Crippen LogP contribution is -2.17. The molecule has 1 fully saturated rings. The summed E-state index contributed by atoms with van der Waals surface area (Å²) in [6.07, 6.45) is 1.46. The molecular formula is C11H12O3. The number of benzene rings is 1. The molecule has 74 valence electrons. The molecular weight excluding hydrogens is 180 g/mol. The van der Waals surface area contributed by atoms with Gasteiger partial charge in [-0.05, 0) is 12.5 Å². The molecule has 0 bridgehead atoms. The molecule has 0 radical (unpaired) electrons. The number of hydrogen-bond donors (Lipinski definition) is 0. The lowest BCUT2D eigenvalue weighted by Gasteiger charge is -2.23. The Balaban J connectivity index is 2.17. The summed E-state index contributed by atoms with van der Waals surface area (Å²) >= 11 is 0. The maximum atomic E-state index is 10.6. The Bertz CT molecular complexity index is 316. The molecule has 0 spiro atoms. The number of ether oxygens (including phenoxy) is 2. The van der Waals surface area contributed by atoms with Crippen LogP contribution in [0.2, 0.25) is 0 Å². The van der Waals surface area contributed by atoms with E-state index in [0.29, 0.717) is 5.56 Å². The van der Waals surface area contributed by atoms with Crippen molar-refractivity contribution in [3.63, 3.8) is 0 Å². The van der Waals surface area contributed by atoms with Gasteiger partial charge in [-0.15, -0.1) is 0 Å². The van der Waals surface area contributed by atoms with E-state index in [1.54, 1.807) is 12.1 Å². The van der Waals surface area contributed by atoms with Crippen LogP contribution in [0, 0.1) is 0 Å². The van der Waals surface area contributed by atoms with Crippen molar-refractivity contribution in [1.82, 2.24) is 0 Å². The number of aldehydes is 1. The molecule has 0 unspecified atom stereocenters. The van der Waals surface area contributed by atoms with Crippen LogP contribution in [0.25, 0.3) is 0 Å². The quantitative estimate of drug-likeness (QED) is 0.672. The zero-order valence-electron chi connectivity index (χ0n) is 7.81. The Morgan fingerprint density at radius 3 is 2.79 bits per heavy atom. The summed E-state index contributed by atoms with van der Waals surface area (Å²) in [4.78, 5) is 10.6. The van der Waals surface area contributed by atoms with Crippen molar-refractivity contribution in [3.05, 3.63) is 35.4 Å². The van der Waals surface area contributed by atoms with E-state index in [-0.39, 0.29) is 6.29 Å². The van der Waals surface area contributed by atoms with E-state index in [2.05, 4.69) is 0 Å². The van der Waals surface area contributed by atoms with Crippen LogP contribution in [0.1, 0.15) is 28.6 Å². The molecule has 0 aromatic heterocycles. The summed E-state index contributed by atoms with van der Waals surface area (Å²) in [6.45, 7) is 1.44. The molecule has 3 nitrogen and oxygen atoms in total. The molecule has 1 heterocycles. The molecule has 1 aliphatic rings. The number of carbonyl (C=O) groups excluding carboxylic acids is 1. The van der Waals surface area contributed by atoms with Gasteiger partial charge in [0.05, 0.1) is 13.2 Å². The molecule has 1 aromatic rings. The summed E-state index contributed by atoms with van der Waals surface area (Å²) in [6, 6.07) is 7.30. The fourth-order valence-electron chi connectivity index (χ4n) is 1.46. The fraction of sp³-hybridized carbons (Fsp3) is 0.364. The molecule has 3 heteroatoms.